The highest BCUT2D eigenvalue weighted by atomic mass is 32.1. The molecule has 1 aliphatic rings. The molecule has 5 nitrogen and oxygen atoms in total. The van der Waals surface area contributed by atoms with Gasteiger partial charge in [-0.3, -0.25) is 10.1 Å². The van der Waals surface area contributed by atoms with E-state index in [0.29, 0.717) is 11.6 Å². The van der Waals surface area contributed by atoms with Gasteiger partial charge in [0.25, 0.3) is 5.91 Å². The van der Waals surface area contributed by atoms with Gasteiger partial charge < -0.3 is 9.30 Å². The standard InChI is InChI=1S/C21H23N3O2S/c1-4-9-24-13(2)10-16(14(24)3)17-12-27-21(22-17)23-20(25)19-11-15-7-5-6-8-18(15)26-19/h5-8,10,12,19H,4,9,11H2,1-3H3,(H,22,23,25). The first-order valence-corrected chi connectivity index (χ1v) is 10.1. The van der Waals surface area contributed by atoms with E-state index in [0.717, 1.165) is 35.5 Å². The fraction of sp³-hybridized carbons (Fsp3) is 0.333. The van der Waals surface area contributed by atoms with Crippen LogP contribution in [0.25, 0.3) is 11.3 Å². The second kappa shape index (κ2) is 7.19. The van der Waals surface area contributed by atoms with Crippen LogP contribution in [0.1, 0.15) is 30.3 Å². The molecule has 1 aromatic carbocycles. The van der Waals surface area contributed by atoms with Gasteiger partial charge in [0, 0.05) is 35.3 Å². The average molecular weight is 382 g/mol. The Kier molecular flexibility index (Phi) is 4.74. The number of rotatable bonds is 5. The molecule has 3 heterocycles. The summed E-state index contributed by atoms with van der Waals surface area (Å²) in [7, 11) is 0. The van der Waals surface area contributed by atoms with Gasteiger partial charge in [0.05, 0.1) is 5.69 Å². The number of carbonyl (C=O) groups is 1. The van der Waals surface area contributed by atoms with Crippen molar-refractivity contribution in [3.05, 3.63) is 52.7 Å². The fourth-order valence-electron chi connectivity index (χ4n) is 3.60. The van der Waals surface area contributed by atoms with Crippen LogP contribution in [0.4, 0.5) is 5.13 Å². The lowest BCUT2D eigenvalue weighted by Crippen LogP contribution is -2.31. The van der Waals surface area contributed by atoms with Crippen molar-refractivity contribution in [3.63, 3.8) is 0 Å². The van der Waals surface area contributed by atoms with Crippen molar-refractivity contribution >= 4 is 22.4 Å². The number of aromatic nitrogens is 2. The molecule has 4 rings (SSSR count). The Balaban J connectivity index is 1.48. The number of ether oxygens (including phenoxy) is 1. The van der Waals surface area contributed by atoms with Crippen LogP contribution in [-0.2, 0) is 17.8 Å². The number of hydrogen-bond donors (Lipinski definition) is 1. The molecule has 0 bridgehead atoms. The third kappa shape index (κ3) is 3.37. The Bertz CT molecular complexity index is 964. The summed E-state index contributed by atoms with van der Waals surface area (Å²) in [6.45, 7) is 7.43. The molecule has 1 amide bonds. The maximum atomic E-state index is 12.6. The molecule has 2 aromatic heterocycles. The number of amides is 1. The SMILES string of the molecule is CCCn1c(C)cc(-c2csc(NC(=O)C3Cc4ccccc4O3)n2)c1C. The Morgan fingerprint density at radius 1 is 1.37 bits per heavy atom. The molecule has 0 radical (unpaired) electrons. The lowest BCUT2D eigenvalue weighted by atomic mass is 10.1. The van der Waals surface area contributed by atoms with Gasteiger partial charge in [-0.15, -0.1) is 11.3 Å². The summed E-state index contributed by atoms with van der Waals surface area (Å²) in [6, 6.07) is 9.94. The molecular formula is C21H23N3O2S. The Labute approximate surface area is 163 Å². The molecule has 3 aromatic rings. The van der Waals surface area contributed by atoms with Crippen LogP contribution in [0.5, 0.6) is 5.75 Å². The van der Waals surface area contributed by atoms with E-state index in [1.54, 1.807) is 0 Å². The van der Waals surface area contributed by atoms with E-state index in [4.69, 9.17) is 4.74 Å². The molecule has 0 fully saturated rings. The summed E-state index contributed by atoms with van der Waals surface area (Å²) in [5.74, 6) is 0.643. The second-order valence-corrected chi connectivity index (χ2v) is 7.74. The predicted molar refractivity (Wildman–Crippen MR) is 108 cm³/mol. The Hall–Kier alpha value is -2.60. The maximum Gasteiger partial charge on any atom is 0.267 e. The van der Waals surface area contributed by atoms with Crippen molar-refractivity contribution < 1.29 is 9.53 Å². The molecule has 6 heteroatoms. The van der Waals surface area contributed by atoms with E-state index in [2.05, 4.69) is 41.7 Å². The zero-order valence-electron chi connectivity index (χ0n) is 15.8. The lowest BCUT2D eigenvalue weighted by Gasteiger charge is -2.09. The molecule has 0 saturated carbocycles. The number of nitrogens with zero attached hydrogens (tertiary/aromatic N) is 2. The highest BCUT2D eigenvalue weighted by molar-refractivity contribution is 7.14. The molecule has 0 saturated heterocycles. The number of thiazole rings is 1. The van der Waals surface area contributed by atoms with Gasteiger partial charge in [-0.2, -0.15) is 0 Å². The zero-order valence-corrected chi connectivity index (χ0v) is 16.6. The number of carbonyl (C=O) groups excluding carboxylic acids is 1. The van der Waals surface area contributed by atoms with Crippen LogP contribution in [0.2, 0.25) is 0 Å². The van der Waals surface area contributed by atoms with Crippen LogP contribution < -0.4 is 10.1 Å². The zero-order chi connectivity index (χ0) is 19.0. The van der Waals surface area contributed by atoms with Gasteiger partial charge in [-0.25, -0.2) is 4.98 Å². The quantitative estimate of drug-likeness (QED) is 0.704. The van der Waals surface area contributed by atoms with Crippen LogP contribution in [0.15, 0.2) is 35.7 Å². The summed E-state index contributed by atoms with van der Waals surface area (Å²) in [4.78, 5) is 17.2. The number of anilines is 1. The topological polar surface area (TPSA) is 56.2 Å². The highest BCUT2D eigenvalue weighted by Gasteiger charge is 2.29. The molecule has 0 spiro atoms. The van der Waals surface area contributed by atoms with E-state index >= 15 is 0 Å². The first kappa shape index (κ1) is 17.8. The van der Waals surface area contributed by atoms with Crippen LogP contribution in [0.3, 0.4) is 0 Å². The molecule has 1 unspecified atom stereocenters. The Morgan fingerprint density at radius 3 is 2.96 bits per heavy atom. The maximum absolute atomic E-state index is 12.6. The van der Waals surface area contributed by atoms with Crippen molar-refractivity contribution in [1.29, 1.82) is 0 Å². The van der Waals surface area contributed by atoms with Crippen molar-refractivity contribution in [2.24, 2.45) is 0 Å². The normalized spacial score (nSPS) is 15.4. The number of aryl methyl sites for hydroxylation is 1. The lowest BCUT2D eigenvalue weighted by molar-refractivity contribution is -0.122. The van der Waals surface area contributed by atoms with Gasteiger partial charge in [0.1, 0.15) is 5.75 Å². The number of nitrogens with one attached hydrogen (secondary N) is 1. The van der Waals surface area contributed by atoms with E-state index in [1.807, 2.05) is 29.6 Å². The first-order valence-electron chi connectivity index (χ1n) is 9.25. The van der Waals surface area contributed by atoms with Crippen molar-refractivity contribution in [1.82, 2.24) is 9.55 Å². The number of fused-ring (bicyclic) bond motifs is 1. The molecule has 27 heavy (non-hydrogen) atoms. The fourth-order valence-corrected chi connectivity index (χ4v) is 4.31. The average Bonchev–Trinajstić information content (AvgIpc) is 3.35. The minimum absolute atomic E-state index is 0.149. The second-order valence-electron chi connectivity index (χ2n) is 6.88. The van der Waals surface area contributed by atoms with Gasteiger partial charge in [-0.1, -0.05) is 25.1 Å². The molecular weight excluding hydrogens is 358 g/mol. The molecule has 140 valence electrons. The minimum atomic E-state index is -0.496. The summed E-state index contributed by atoms with van der Waals surface area (Å²) in [6.07, 6.45) is 1.19. The molecule has 1 atom stereocenters. The molecule has 1 N–H and O–H groups in total. The minimum Gasteiger partial charge on any atom is -0.480 e. The number of hydrogen-bond acceptors (Lipinski definition) is 4. The predicted octanol–water partition coefficient (Wildman–Crippen LogP) is 4.58. The van der Waals surface area contributed by atoms with Crippen molar-refractivity contribution in [3.8, 4) is 17.0 Å². The molecule has 1 aliphatic heterocycles. The smallest absolute Gasteiger partial charge is 0.267 e. The summed E-state index contributed by atoms with van der Waals surface area (Å²) in [5.41, 5.74) is 5.55. The first-order chi connectivity index (χ1) is 13.1. The van der Waals surface area contributed by atoms with E-state index in [-0.39, 0.29) is 5.91 Å². The van der Waals surface area contributed by atoms with E-state index in [9.17, 15) is 4.79 Å². The van der Waals surface area contributed by atoms with Crippen LogP contribution in [-0.4, -0.2) is 21.6 Å². The van der Waals surface area contributed by atoms with Crippen LogP contribution >= 0.6 is 11.3 Å². The van der Waals surface area contributed by atoms with Crippen molar-refractivity contribution in [2.45, 2.75) is 46.3 Å². The number of benzene rings is 1. The molecule has 0 aliphatic carbocycles. The largest absolute Gasteiger partial charge is 0.480 e. The third-order valence-electron chi connectivity index (χ3n) is 4.97. The van der Waals surface area contributed by atoms with Crippen molar-refractivity contribution in [2.75, 3.05) is 5.32 Å². The summed E-state index contributed by atoms with van der Waals surface area (Å²) >= 11 is 1.44. The van der Waals surface area contributed by atoms with E-state index < -0.39 is 6.10 Å². The summed E-state index contributed by atoms with van der Waals surface area (Å²) in [5, 5.41) is 5.52. The highest BCUT2D eigenvalue weighted by Crippen LogP contribution is 2.31. The summed E-state index contributed by atoms with van der Waals surface area (Å²) < 4.78 is 8.07. The van der Waals surface area contributed by atoms with Gasteiger partial charge in [-0.05, 0) is 38.0 Å². The van der Waals surface area contributed by atoms with Gasteiger partial charge >= 0.3 is 0 Å². The monoisotopic (exact) mass is 381 g/mol. The Morgan fingerprint density at radius 2 is 2.19 bits per heavy atom. The van der Waals surface area contributed by atoms with Gasteiger partial charge in [0.15, 0.2) is 11.2 Å². The van der Waals surface area contributed by atoms with E-state index in [1.165, 1.54) is 22.7 Å². The third-order valence-corrected chi connectivity index (χ3v) is 5.73. The van der Waals surface area contributed by atoms with Crippen LogP contribution in [0, 0.1) is 13.8 Å². The van der Waals surface area contributed by atoms with Gasteiger partial charge in [0.2, 0.25) is 0 Å². The number of para-hydroxylation sites is 1.